The van der Waals surface area contributed by atoms with Crippen molar-refractivity contribution in [3.8, 4) is 11.3 Å². The molecule has 8 heteroatoms. The van der Waals surface area contributed by atoms with Crippen LogP contribution in [0.4, 0.5) is 10.2 Å². The molecular weight excluding hydrogens is 443 g/mol. The number of pyridine rings is 2. The summed E-state index contributed by atoms with van der Waals surface area (Å²) in [5.41, 5.74) is 4.72. The Bertz CT molecular complexity index is 1360. The lowest BCUT2D eigenvalue weighted by molar-refractivity contribution is 0.0621. The van der Waals surface area contributed by atoms with Gasteiger partial charge in [-0.05, 0) is 75.5 Å². The van der Waals surface area contributed by atoms with Crippen LogP contribution in [0.15, 0.2) is 24.8 Å². The third kappa shape index (κ3) is 4.51. The van der Waals surface area contributed by atoms with E-state index in [1.165, 1.54) is 0 Å². The van der Waals surface area contributed by atoms with E-state index in [4.69, 9.17) is 0 Å². The highest BCUT2D eigenvalue weighted by Gasteiger charge is 2.27. The number of aromatic nitrogens is 5. The smallest absolute Gasteiger partial charge is 0.175 e. The average molecular weight is 479 g/mol. The molecular formula is C27H35FN6O. The second-order valence-electron chi connectivity index (χ2n) is 11.0. The number of fused-ring (bicyclic) bond motifs is 2. The summed E-state index contributed by atoms with van der Waals surface area (Å²) < 4.78 is 17.9. The molecule has 0 saturated carbocycles. The van der Waals surface area contributed by atoms with Crippen LogP contribution in [-0.2, 0) is 0 Å². The van der Waals surface area contributed by atoms with Crippen LogP contribution in [0.2, 0.25) is 0 Å². The molecule has 0 amide bonds. The summed E-state index contributed by atoms with van der Waals surface area (Å²) in [6.07, 6.45) is 9.02. The predicted octanol–water partition coefficient (Wildman–Crippen LogP) is 5.61. The largest absolute Gasteiger partial charge is 0.390 e. The van der Waals surface area contributed by atoms with E-state index in [-0.39, 0.29) is 11.7 Å². The van der Waals surface area contributed by atoms with Crippen molar-refractivity contribution >= 4 is 22.4 Å². The Hall–Kier alpha value is -3.00. The number of piperidine rings is 1. The second-order valence-corrected chi connectivity index (χ2v) is 11.0. The van der Waals surface area contributed by atoms with Crippen LogP contribution in [-0.4, -0.2) is 48.4 Å². The average Bonchev–Trinajstić information content (AvgIpc) is 3.43. The van der Waals surface area contributed by atoms with Crippen molar-refractivity contribution in [3.63, 3.8) is 0 Å². The summed E-state index contributed by atoms with van der Waals surface area (Å²) in [5, 5.41) is 15.0. The maximum atomic E-state index is 16.1. The molecule has 0 bridgehead atoms. The highest BCUT2D eigenvalue weighted by molar-refractivity contribution is 5.93. The first-order valence-corrected chi connectivity index (χ1v) is 12.6. The number of H-pyrrole nitrogens is 1. The Morgan fingerprint density at radius 3 is 2.66 bits per heavy atom. The van der Waals surface area contributed by atoms with Crippen LogP contribution in [0.5, 0.6) is 0 Å². The van der Waals surface area contributed by atoms with Gasteiger partial charge in [-0.25, -0.2) is 18.9 Å². The standard InChI is InChI=1S/C27H35FN6O/c1-16(2)21-22-20(32-24(21)19-12-17(3)25-30-15-31-34(25)14-19)13-29-26(23(22)28)33-10-7-18(8-11-33)6-9-27(4,5)35/h12-16,18,32,35H,6-11H2,1-5H3. The second kappa shape index (κ2) is 8.90. The Balaban J connectivity index is 1.49. The molecule has 4 aromatic heterocycles. The topological polar surface area (TPSA) is 82.3 Å². The molecule has 0 aliphatic carbocycles. The van der Waals surface area contributed by atoms with Crippen LogP contribution in [0.3, 0.4) is 0 Å². The van der Waals surface area contributed by atoms with E-state index in [1.54, 1.807) is 17.0 Å². The fraction of sp³-hybridized carbons (Fsp3) is 0.519. The van der Waals surface area contributed by atoms with E-state index in [0.29, 0.717) is 22.6 Å². The number of anilines is 1. The van der Waals surface area contributed by atoms with Gasteiger partial charge in [-0.3, -0.25) is 0 Å². The van der Waals surface area contributed by atoms with E-state index in [1.807, 2.05) is 27.0 Å². The summed E-state index contributed by atoms with van der Waals surface area (Å²) in [5.74, 6) is 0.864. The zero-order chi connectivity index (χ0) is 24.9. The molecule has 1 aliphatic heterocycles. The molecule has 1 aliphatic rings. The highest BCUT2D eigenvalue weighted by atomic mass is 19.1. The maximum absolute atomic E-state index is 16.1. The number of nitrogens with zero attached hydrogens (tertiary/aromatic N) is 5. The van der Waals surface area contributed by atoms with Gasteiger partial charge in [0.05, 0.1) is 23.0 Å². The third-order valence-corrected chi connectivity index (χ3v) is 7.30. The Kier molecular flexibility index (Phi) is 6.03. The van der Waals surface area contributed by atoms with Gasteiger partial charge in [0.25, 0.3) is 0 Å². The van der Waals surface area contributed by atoms with Crippen LogP contribution in [0.25, 0.3) is 27.8 Å². The van der Waals surface area contributed by atoms with Crippen molar-refractivity contribution in [2.75, 3.05) is 18.0 Å². The summed E-state index contributed by atoms with van der Waals surface area (Å²) >= 11 is 0. The van der Waals surface area contributed by atoms with Crippen LogP contribution in [0, 0.1) is 18.7 Å². The van der Waals surface area contributed by atoms with E-state index >= 15 is 4.39 Å². The zero-order valence-corrected chi connectivity index (χ0v) is 21.3. The fourth-order valence-electron chi connectivity index (χ4n) is 5.41. The van der Waals surface area contributed by atoms with Gasteiger partial charge < -0.3 is 15.0 Å². The zero-order valence-electron chi connectivity index (χ0n) is 21.3. The number of aryl methyl sites for hydroxylation is 1. The summed E-state index contributed by atoms with van der Waals surface area (Å²) in [7, 11) is 0. The van der Waals surface area contributed by atoms with E-state index < -0.39 is 5.60 Å². The molecule has 0 unspecified atom stereocenters. The Labute approximate surface area is 205 Å². The number of nitrogens with one attached hydrogen (secondary N) is 1. The van der Waals surface area contributed by atoms with E-state index in [9.17, 15) is 5.11 Å². The molecule has 1 saturated heterocycles. The molecule has 0 radical (unpaired) electrons. The highest BCUT2D eigenvalue weighted by Crippen LogP contribution is 2.39. The monoisotopic (exact) mass is 478 g/mol. The maximum Gasteiger partial charge on any atom is 0.175 e. The van der Waals surface area contributed by atoms with Crippen molar-refractivity contribution in [3.05, 3.63) is 41.7 Å². The molecule has 4 aromatic rings. The van der Waals surface area contributed by atoms with Crippen LogP contribution < -0.4 is 4.90 Å². The molecule has 7 nitrogen and oxygen atoms in total. The first-order valence-electron chi connectivity index (χ1n) is 12.6. The number of aromatic amines is 1. The number of hydrogen-bond donors (Lipinski definition) is 2. The lowest BCUT2D eigenvalue weighted by atomic mass is 9.88. The summed E-state index contributed by atoms with van der Waals surface area (Å²) in [6.45, 7) is 11.5. The van der Waals surface area contributed by atoms with Gasteiger partial charge in [-0.15, -0.1) is 0 Å². The molecule has 0 spiro atoms. The molecule has 1 fully saturated rings. The van der Waals surface area contributed by atoms with Crippen molar-refractivity contribution in [2.45, 2.75) is 71.8 Å². The lowest BCUT2D eigenvalue weighted by Gasteiger charge is -2.34. The van der Waals surface area contributed by atoms with Gasteiger partial charge in [0.1, 0.15) is 6.33 Å². The van der Waals surface area contributed by atoms with E-state index in [0.717, 1.165) is 66.8 Å². The van der Waals surface area contributed by atoms with Crippen molar-refractivity contribution < 1.29 is 9.50 Å². The molecule has 2 N–H and O–H groups in total. The Morgan fingerprint density at radius 2 is 1.97 bits per heavy atom. The fourth-order valence-corrected chi connectivity index (χ4v) is 5.41. The Morgan fingerprint density at radius 1 is 1.23 bits per heavy atom. The molecule has 0 aromatic carbocycles. The molecule has 35 heavy (non-hydrogen) atoms. The van der Waals surface area contributed by atoms with Crippen molar-refractivity contribution in [2.24, 2.45) is 5.92 Å². The van der Waals surface area contributed by atoms with Crippen LogP contribution in [0.1, 0.15) is 70.4 Å². The lowest BCUT2D eigenvalue weighted by Crippen LogP contribution is -2.35. The van der Waals surface area contributed by atoms with Crippen molar-refractivity contribution in [1.29, 1.82) is 0 Å². The summed E-state index contributed by atoms with van der Waals surface area (Å²) in [6, 6.07) is 2.07. The quantitative estimate of drug-likeness (QED) is 0.376. The van der Waals surface area contributed by atoms with Crippen LogP contribution >= 0.6 is 0 Å². The minimum atomic E-state index is -0.633. The SMILES string of the molecule is Cc1cc(-c2[nH]c3cnc(N4CCC(CCC(C)(C)O)CC4)c(F)c3c2C(C)C)cn2ncnc12. The minimum Gasteiger partial charge on any atom is -0.390 e. The van der Waals surface area contributed by atoms with Gasteiger partial charge in [0.2, 0.25) is 0 Å². The predicted molar refractivity (Wildman–Crippen MR) is 137 cm³/mol. The summed E-state index contributed by atoms with van der Waals surface area (Å²) in [4.78, 5) is 14.4. The number of aliphatic hydroxyl groups is 1. The minimum absolute atomic E-state index is 0.114. The van der Waals surface area contributed by atoms with Gasteiger partial charge >= 0.3 is 0 Å². The third-order valence-electron chi connectivity index (χ3n) is 7.30. The number of rotatable bonds is 6. The molecule has 0 atom stereocenters. The van der Waals surface area contributed by atoms with Gasteiger partial charge in [0.15, 0.2) is 17.3 Å². The van der Waals surface area contributed by atoms with Gasteiger partial charge in [-0.1, -0.05) is 13.8 Å². The van der Waals surface area contributed by atoms with Gasteiger partial charge in [-0.2, -0.15) is 5.10 Å². The molecule has 5 rings (SSSR count). The van der Waals surface area contributed by atoms with E-state index in [2.05, 4.69) is 44.9 Å². The molecule has 5 heterocycles. The normalized spacial score (nSPS) is 15.7. The first-order chi connectivity index (χ1) is 16.6. The van der Waals surface area contributed by atoms with Crippen molar-refractivity contribution in [1.82, 2.24) is 24.6 Å². The number of hydrogen-bond acceptors (Lipinski definition) is 5. The molecule has 186 valence electrons. The first kappa shape index (κ1) is 23.7. The number of halogens is 1. The van der Waals surface area contributed by atoms with Gasteiger partial charge in [0, 0.05) is 30.2 Å².